The zero-order valence-electron chi connectivity index (χ0n) is 6.74. The fraction of sp³-hybridized carbons (Fsp3) is 0.143. The molecule has 2 N–H and O–H groups in total. The van der Waals surface area contributed by atoms with Crippen molar-refractivity contribution in [1.29, 1.82) is 0 Å². The Labute approximate surface area is 81.1 Å². The Morgan fingerprint density at radius 3 is 2.46 bits per heavy atom. The number of nitrogen functional groups attached to an aromatic ring is 1. The number of rotatable bonds is 1. The molecule has 0 aliphatic heterocycles. The minimum absolute atomic E-state index is 0.0723. The van der Waals surface area contributed by atoms with Gasteiger partial charge in [-0.3, -0.25) is 0 Å². The Morgan fingerprint density at radius 2 is 2.00 bits per heavy atom. The molecule has 0 saturated heterocycles. The fourth-order valence-electron chi connectivity index (χ4n) is 0.902. The summed E-state index contributed by atoms with van der Waals surface area (Å²) >= 11 is 5.63. The Kier molecular flexibility index (Phi) is 2.51. The molecule has 0 heterocycles. The Balaban J connectivity index is 3.50. The largest absolute Gasteiger partial charge is 0.744 e. The van der Waals surface area contributed by atoms with Crippen LogP contribution in [-0.2, 0) is 10.1 Å². The number of benzene rings is 1. The van der Waals surface area contributed by atoms with Gasteiger partial charge in [-0.05, 0) is 24.6 Å². The van der Waals surface area contributed by atoms with Gasteiger partial charge in [-0.15, -0.1) is 0 Å². The van der Waals surface area contributed by atoms with E-state index in [-0.39, 0.29) is 10.7 Å². The predicted octanol–water partition coefficient (Wildman–Crippen LogP) is 1.13. The first kappa shape index (κ1) is 10.3. The molecule has 0 saturated carbocycles. The molecule has 0 spiro atoms. The molecule has 1 aromatic rings. The summed E-state index contributed by atoms with van der Waals surface area (Å²) in [5, 5.41) is 0.212. The normalized spacial score (nSPS) is 11.6. The number of aryl methyl sites for hydroxylation is 1. The van der Waals surface area contributed by atoms with Gasteiger partial charge in [0.1, 0.15) is 10.1 Å². The van der Waals surface area contributed by atoms with Crippen molar-refractivity contribution in [3.05, 3.63) is 22.7 Å². The van der Waals surface area contributed by atoms with Gasteiger partial charge < -0.3 is 10.3 Å². The van der Waals surface area contributed by atoms with E-state index in [1.165, 1.54) is 6.07 Å². The highest BCUT2D eigenvalue weighted by Crippen LogP contribution is 2.25. The molecule has 4 nitrogen and oxygen atoms in total. The molecule has 1 aromatic carbocycles. The highest BCUT2D eigenvalue weighted by Gasteiger charge is 2.08. The standard InChI is InChI=1S/C7H8ClNO3S/c1-4-2-6(9)7(3-5(4)8)13(10,11)12/h2-3H,9H2,1H3,(H,10,11,12)/p-1. The maximum Gasteiger partial charge on any atom is 0.126 e. The van der Waals surface area contributed by atoms with Crippen LogP contribution in [0, 0.1) is 6.92 Å². The van der Waals surface area contributed by atoms with Crippen molar-refractivity contribution < 1.29 is 13.0 Å². The Hall–Kier alpha value is -0.780. The van der Waals surface area contributed by atoms with Crippen LogP contribution in [0.1, 0.15) is 5.56 Å². The molecule has 6 heteroatoms. The summed E-state index contributed by atoms with van der Waals surface area (Å²) in [4.78, 5) is -0.469. The van der Waals surface area contributed by atoms with E-state index in [9.17, 15) is 13.0 Å². The van der Waals surface area contributed by atoms with Crippen molar-refractivity contribution in [2.45, 2.75) is 11.8 Å². The second kappa shape index (κ2) is 3.17. The quantitative estimate of drug-likeness (QED) is 0.568. The SMILES string of the molecule is Cc1cc(N)c(S(=O)(=O)[O-])cc1Cl. The van der Waals surface area contributed by atoms with E-state index < -0.39 is 15.0 Å². The lowest BCUT2D eigenvalue weighted by Gasteiger charge is -2.11. The first-order chi connectivity index (χ1) is 5.82. The number of hydrogen-bond donors (Lipinski definition) is 1. The molecule has 72 valence electrons. The second-order valence-electron chi connectivity index (χ2n) is 2.59. The van der Waals surface area contributed by atoms with Crippen molar-refractivity contribution in [2.24, 2.45) is 0 Å². The van der Waals surface area contributed by atoms with Crippen LogP contribution >= 0.6 is 11.6 Å². The van der Waals surface area contributed by atoms with E-state index in [2.05, 4.69) is 0 Å². The Bertz CT molecular complexity index is 441. The van der Waals surface area contributed by atoms with Crippen molar-refractivity contribution >= 4 is 27.4 Å². The van der Waals surface area contributed by atoms with Crippen LogP contribution in [-0.4, -0.2) is 13.0 Å². The van der Waals surface area contributed by atoms with Gasteiger partial charge in [0.05, 0.1) is 4.90 Å². The van der Waals surface area contributed by atoms with Crippen molar-refractivity contribution in [3.63, 3.8) is 0 Å². The van der Waals surface area contributed by atoms with Crippen LogP contribution in [0.5, 0.6) is 0 Å². The fourth-order valence-corrected chi connectivity index (χ4v) is 1.74. The maximum absolute atomic E-state index is 10.6. The van der Waals surface area contributed by atoms with Gasteiger partial charge >= 0.3 is 0 Å². The minimum Gasteiger partial charge on any atom is -0.744 e. The predicted molar refractivity (Wildman–Crippen MR) is 48.6 cm³/mol. The Morgan fingerprint density at radius 1 is 1.46 bits per heavy atom. The molecule has 0 atom stereocenters. The average molecular weight is 221 g/mol. The lowest BCUT2D eigenvalue weighted by molar-refractivity contribution is 0.463. The smallest absolute Gasteiger partial charge is 0.126 e. The summed E-state index contributed by atoms with van der Waals surface area (Å²) < 4.78 is 31.9. The summed E-state index contributed by atoms with van der Waals surface area (Å²) in [5.41, 5.74) is 5.90. The van der Waals surface area contributed by atoms with Gasteiger partial charge in [0, 0.05) is 10.7 Å². The van der Waals surface area contributed by atoms with E-state index in [1.54, 1.807) is 6.92 Å². The van der Waals surface area contributed by atoms with Crippen LogP contribution in [0.2, 0.25) is 5.02 Å². The second-order valence-corrected chi connectivity index (χ2v) is 4.35. The molecule has 0 amide bonds. The van der Waals surface area contributed by atoms with Gasteiger partial charge in [0.25, 0.3) is 0 Å². The van der Waals surface area contributed by atoms with Gasteiger partial charge in [0.2, 0.25) is 0 Å². The average Bonchev–Trinajstić information content (AvgIpc) is 1.94. The number of anilines is 1. The van der Waals surface area contributed by atoms with Gasteiger partial charge in [0.15, 0.2) is 0 Å². The third-order valence-electron chi connectivity index (χ3n) is 1.56. The molecule has 0 fully saturated rings. The third kappa shape index (κ3) is 2.12. The van der Waals surface area contributed by atoms with Crippen LogP contribution in [0.3, 0.4) is 0 Å². The first-order valence-corrected chi connectivity index (χ1v) is 5.12. The zero-order chi connectivity index (χ0) is 10.2. The summed E-state index contributed by atoms with van der Waals surface area (Å²) in [6, 6.07) is 2.42. The van der Waals surface area contributed by atoms with Crippen molar-refractivity contribution in [2.75, 3.05) is 5.73 Å². The summed E-state index contributed by atoms with van der Waals surface area (Å²) in [7, 11) is -4.53. The monoisotopic (exact) mass is 220 g/mol. The molecule has 0 bridgehead atoms. The van der Waals surface area contributed by atoms with E-state index in [4.69, 9.17) is 17.3 Å². The van der Waals surface area contributed by atoms with Crippen molar-refractivity contribution in [3.8, 4) is 0 Å². The van der Waals surface area contributed by atoms with E-state index in [0.29, 0.717) is 5.56 Å². The van der Waals surface area contributed by atoms with E-state index in [0.717, 1.165) is 6.07 Å². The number of hydrogen-bond acceptors (Lipinski definition) is 4. The molecule has 1 rings (SSSR count). The summed E-state index contributed by atoms with van der Waals surface area (Å²) in [6.07, 6.45) is 0. The number of nitrogens with two attached hydrogens (primary N) is 1. The lowest BCUT2D eigenvalue weighted by Crippen LogP contribution is -2.03. The van der Waals surface area contributed by atoms with E-state index >= 15 is 0 Å². The highest BCUT2D eigenvalue weighted by atomic mass is 35.5. The van der Waals surface area contributed by atoms with Crippen LogP contribution in [0.15, 0.2) is 17.0 Å². The number of halogens is 1. The summed E-state index contributed by atoms with van der Waals surface area (Å²) in [5.74, 6) is 0. The highest BCUT2D eigenvalue weighted by molar-refractivity contribution is 7.86. The molecule has 0 aliphatic carbocycles. The molecule has 0 aromatic heterocycles. The van der Waals surface area contributed by atoms with Crippen LogP contribution in [0.4, 0.5) is 5.69 Å². The zero-order valence-corrected chi connectivity index (χ0v) is 8.32. The minimum atomic E-state index is -4.53. The van der Waals surface area contributed by atoms with Crippen LogP contribution < -0.4 is 5.73 Å². The molecule has 0 aliphatic rings. The molecule has 0 unspecified atom stereocenters. The topological polar surface area (TPSA) is 83.2 Å². The molecular weight excluding hydrogens is 214 g/mol. The lowest BCUT2D eigenvalue weighted by atomic mass is 10.2. The molecular formula is C7H7ClNO3S-. The van der Waals surface area contributed by atoms with Crippen LogP contribution in [0.25, 0.3) is 0 Å². The van der Waals surface area contributed by atoms with Gasteiger partial charge in [-0.2, -0.15) is 0 Å². The molecule has 13 heavy (non-hydrogen) atoms. The summed E-state index contributed by atoms with van der Waals surface area (Å²) in [6.45, 7) is 1.67. The van der Waals surface area contributed by atoms with Gasteiger partial charge in [-0.25, -0.2) is 8.42 Å². The molecule has 0 radical (unpaired) electrons. The van der Waals surface area contributed by atoms with E-state index in [1.807, 2.05) is 0 Å². The first-order valence-electron chi connectivity index (χ1n) is 3.34. The van der Waals surface area contributed by atoms with Gasteiger partial charge in [-0.1, -0.05) is 11.6 Å². The van der Waals surface area contributed by atoms with Crippen molar-refractivity contribution in [1.82, 2.24) is 0 Å². The maximum atomic E-state index is 10.6. The third-order valence-corrected chi connectivity index (χ3v) is 2.86.